The molecular weight excluding hydrogens is 422 g/mol. The number of nitrogen functional groups attached to an aromatic ring is 1. The molecule has 0 saturated heterocycles. The molecule has 4 heteroatoms. The van der Waals surface area contributed by atoms with Crippen molar-refractivity contribution < 1.29 is 15.0 Å². The summed E-state index contributed by atoms with van der Waals surface area (Å²) < 4.78 is 0. The van der Waals surface area contributed by atoms with Gasteiger partial charge in [0.05, 0.1) is 5.56 Å². The normalized spacial score (nSPS) is 16.1. The minimum atomic E-state index is -0.892. The van der Waals surface area contributed by atoms with Crippen molar-refractivity contribution in [3.8, 4) is 5.75 Å². The molecule has 4 rings (SSSR count). The van der Waals surface area contributed by atoms with Crippen LogP contribution in [0.5, 0.6) is 5.75 Å². The van der Waals surface area contributed by atoms with E-state index in [1.165, 1.54) is 35.1 Å². The van der Waals surface area contributed by atoms with E-state index in [-0.39, 0.29) is 16.6 Å². The van der Waals surface area contributed by atoms with Crippen LogP contribution in [0.2, 0.25) is 0 Å². The van der Waals surface area contributed by atoms with E-state index in [4.69, 9.17) is 15.9 Å². The number of phenols is 1. The molecule has 0 fully saturated rings. The average Bonchev–Trinajstić information content (AvgIpc) is 2.79. The van der Waals surface area contributed by atoms with Gasteiger partial charge in [0.25, 0.3) is 0 Å². The van der Waals surface area contributed by atoms with Crippen molar-refractivity contribution in [1.29, 1.82) is 0 Å². The SMILES string of the molecule is CC(=Cc1ccc(C(=O)O)cc1)c1ccc2c(c1)C(C)(C)CCC2(C)C.Nc1ccc(O)cc1. The zero-order valence-corrected chi connectivity index (χ0v) is 20.7. The van der Waals surface area contributed by atoms with Crippen LogP contribution in [0.1, 0.15) is 80.1 Å². The minimum absolute atomic E-state index is 0.199. The Bertz CT molecular complexity index is 1170. The minimum Gasteiger partial charge on any atom is -0.508 e. The highest BCUT2D eigenvalue weighted by atomic mass is 16.4. The van der Waals surface area contributed by atoms with Gasteiger partial charge in [0.2, 0.25) is 0 Å². The van der Waals surface area contributed by atoms with E-state index >= 15 is 0 Å². The second-order valence-corrected chi connectivity index (χ2v) is 10.4. The van der Waals surface area contributed by atoms with E-state index in [0.717, 1.165) is 5.56 Å². The van der Waals surface area contributed by atoms with E-state index in [0.29, 0.717) is 11.3 Å². The van der Waals surface area contributed by atoms with Crippen LogP contribution in [0.4, 0.5) is 5.69 Å². The van der Waals surface area contributed by atoms with Gasteiger partial charge in [-0.25, -0.2) is 4.79 Å². The maximum atomic E-state index is 11.0. The molecule has 0 aromatic heterocycles. The molecule has 0 heterocycles. The molecular formula is C30H35NO3. The number of benzene rings is 3. The van der Waals surface area contributed by atoms with Gasteiger partial charge in [-0.1, -0.05) is 64.1 Å². The third-order valence-electron chi connectivity index (χ3n) is 6.74. The summed E-state index contributed by atoms with van der Waals surface area (Å²) in [6.07, 6.45) is 4.54. The molecule has 0 atom stereocenters. The highest BCUT2D eigenvalue weighted by Gasteiger charge is 2.36. The Hall–Kier alpha value is -3.53. The van der Waals surface area contributed by atoms with Crippen molar-refractivity contribution in [1.82, 2.24) is 0 Å². The van der Waals surface area contributed by atoms with Gasteiger partial charge in [-0.2, -0.15) is 0 Å². The fourth-order valence-electron chi connectivity index (χ4n) is 4.36. The number of hydrogen-bond donors (Lipinski definition) is 3. The number of aromatic hydroxyl groups is 1. The summed E-state index contributed by atoms with van der Waals surface area (Å²) in [6.45, 7) is 11.5. The Kier molecular flexibility index (Phi) is 7.21. The Balaban J connectivity index is 0.000000343. The van der Waals surface area contributed by atoms with Crippen molar-refractivity contribution in [2.75, 3.05) is 5.73 Å². The second-order valence-electron chi connectivity index (χ2n) is 10.4. The molecule has 0 saturated carbocycles. The van der Waals surface area contributed by atoms with Crippen LogP contribution >= 0.6 is 0 Å². The van der Waals surface area contributed by atoms with Gasteiger partial charge in [0.15, 0.2) is 0 Å². The van der Waals surface area contributed by atoms with E-state index in [1.54, 1.807) is 36.4 Å². The molecule has 3 aromatic rings. The Labute approximate surface area is 202 Å². The summed E-state index contributed by atoms with van der Waals surface area (Å²) >= 11 is 0. The highest BCUT2D eigenvalue weighted by molar-refractivity contribution is 5.88. The first-order valence-electron chi connectivity index (χ1n) is 11.6. The van der Waals surface area contributed by atoms with E-state index in [2.05, 4.69) is 58.9 Å². The van der Waals surface area contributed by atoms with E-state index in [9.17, 15) is 4.79 Å². The van der Waals surface area contributed by atoms with Crippen LogP contribution in [0.25, 0.3) is 11.6 Å². The number of anilines is 1. The van der Waals surface area contributed by atoms with Crippen LogP contribution in [0.3, 0.4) is 0 Å². The summed E-state index contributed by atoms with van der Waals surface area (Å²) in [5.41, 5.74) is 13.1. The maximum absolute atomic E-state index is 11.0. The number of aromatic carboxylic acids is 1. The topological polar surface area (TPSA) is 83.5 Å². The number of carboxylic acid groups (broad SMARTS) is 1. The first-order chi connectivity index (χ1) is 15.9. The van der Waals surface area contributed by atoms with Crippen molar-refractivity contribution in [2.24, 2.45) is 0 Å². The first-order valence-corrected chi connectivity index (χ1v) is 11.6. The van der Waals surface area contributed by atoms with Gasteiger partial charge >= 0.3 is 5.97 Å². The molecule has 0 aliphatic heterocycles. The van der Waals surface area contributed by atoms with Crippen molar-refractivity contribution in [2.45, 2.75) is 58.3 Å². The second kappa shape index (κ2) is 9.76. The van der Waals surface area contributed by atoms with Crippen LogP contribution in [0.15, 0.2) is 66.7 Å². The van der Waals surface area contributed by atoms with E-state index in [1.807, 2.05) is 12.1 Å². The van der Waals surface area contributed by atoms with Gasteiger partial charge in [0, 0.05) is 5.69 Å². The summed E-state index contributed by atoms with van der Waals surface area (Å²) in [6, 6.07) is 20.3. The highest BCUT2D eigenvalue weighted by Crippen LogP contribution is 2.46. The summed E-state index contributed by atoms with van der Waals surface area (Å²) in [7, 11) is 0. The molecule has 178 valence electrons. The van der Waals surface area contributed by atoms with Gasteiger partial charge in [-0.05, 0) is 94.8 Å². The summed E-state index contributed by atoms with van der Waals surface area (Å²) in [5, 5.41) is 17.7. The molecule has 1 aliphatic rings. The van der Waals surface area contributed by atoms with Crippen LogP contribution < -0.4 is 5.73 Å². The monoisotopic (exact) mass is 457 g/mol. The molecule has 0 radical (unpaired) electrons. The summed E-state index contributed by atoms with van der Waals surface area (Å²) in [4.78, 5) is 11.0. The van der Waals surface area contributed by atoms with Gasteiger partial charge in [0.1, 0.15) is 5.75 Å². The predicted molar refractivity (Wildman–Crippen MR) is 141 cm³/mol. The summed E-state index contributed by atoms with van der Waals surface area (Å²) in [5.74, 6) is -0.643. The van der Waals surface area contributed by atoms with Gasteiger partial charge in [-0.3, -0.25) is 0 Å². The van der Waals surface area contributed by atoms with Crippen molar-refractivity contribution in [3.05, 3.63) is 94.5 Å². The number of nitrogens with two attached hydrogens (primary N) is 1. The number of phenolic OH excluding ortho intramolecular Hbond substituents is 1. The lowest BCUT2D eigenvalue weighted by Gasteiger charge is -2.42. The standard InChI is InChI=1S/C24H28O2.C6H7NO/c1-16(14-17-6-8-18(9-7-17)22(25)26)19-10-11-20-21(15-19)24(4,5)13-12-23(20,2)3;7-5-1-3-6(8)4-2-5/h6-11,14-15H,12-13H2,1-5H3,(H,25,26);1-4,8H,7H2. The largest absolute Gasteiger partial charge is 0.508 e. The number of hydrogen-bond acceptors (Lipinski definition) is 3. The number of rotatable bonds is 3. The van der Waals surface area contributed by atoms with Crippen LogP contribution in [0, 0.1) is 0 Å². The lowest BCUT2D eigenvalue weighted by molar-refractivity contribution is 0.0697. The fourth-order valence-corrected chi connectivity index (χ4v) is 4.36. The molecule has 1 aliphatic carbocycles. The van der Waals surface area contributed by atoms with Crippen LogP contribution in [-0.4, -0.2) is 16.2 Å². The van der Waals surface area contributed by atoms with Crippen molar-refractivity contribution >= 4 is 23.3 Å². The molecule has 0 bridgehead atoms. The van der Waals surface area contributed by atoms with Crippen molar-refractivity contribution in [3.63, 3.8) is 0 Å². The molecule has 0 amide bonds. The molecule has 0 unspecified atom stereocenters. The number of allylic oxidation sites excluding steroid dienone is 1. The lowest BCUT2D eigenvalue weighted by Crippen LogP contribution is -2.33. The molecule has 3 aromatic carbocycles. The maximum Gasteiger partial charge on any atom is 0.335 e. The Morgan fingerprint density at radius 2 is 1.35 bits per heavy atom. The number of carbonyl (C=O) groups is 1. The lowest BCUT2D eigenvalue weighted by atomic mass is 9.63. The molecule has 4 N–H and O–H groups in total. The molecule has 4 nitrogen and oxygen atoms in total. The van der Waals surface area contributed by atoms with E-state index < -0.39 is 5.97 Å². The third-order valence-corrected chi connectivity index (χ3v) is 6.74. The molecule has 0 spiro atoms. The Morgan fingerprint density at radius 1 is 0.824 bits per heavy atom. The molecule has 34 heavy (non-hydrogen) atoms. The smallest absolute Gasteiger partial charge is 0.335 e. The van der Waals surface area contributed by atoms with Crippen LogP contribution in [-0.2, 0) is 10.8 Å². The number of fused-ring (bicyclic) bond motifs is 1. The van der Waals surface area contributed by atoms with Gasteiger partial charge < -0.3 is 15.9 Å². The Morgan fingerprint density at radius 3 is 1.88 bits per heavy atom. The fraction of sp³-hybridized carbons (Fsp3) is 0.300. The zero-order valence-electron chi connectivity index (χ0n) is 20.7. The van der Waals surface area contributed by atoms with Gasteiger partial charge in [-0.15, -0.1) is 0 Å². The first kappa shape index (κ1) is 25.1. The quantitative estimate of drug-likeness (QED) is 0.219. The zero-order chi connectivity index (χ0) is 25.1. The number of carboxylic acids is 1. The predicted octanol–water partition coefficient (Wildman–Crippen LogP) is 7.27. The average molecular weight is 458 g/mol. The third kappa shape index (κ3) is 5.88.